The molecule has 5 nitrogen and oxygen atoms in total. The van der Waals surface area contributed by atoms with Gasteiger partial charge in [0.1, 0.15) is 5.69 Å². The van der Waals surface area contributed by atoms with Gasteiger partial charge in [-0.25, -0.2) is 8.78 Å². The molecule has 0 fully saturated rings. The van der Waals surface area contributed by atoms with E-state index in [-0.39, 0.29) is 11.7 Å². The third kappa shape index (κ3) is 2.51. The van der Waals surface area contributed by atoms with Crippen molar-refractivity contribution in [1.82, 2.24) is 25.5 Å². The van der Waals surface area contributed by atoms with Crippen LogP contribution in [-0.2, 0) is 6.54 Å². The largest absolute Gasteiger partial charge is 0.308 e. The Balaban J connectivity index is 2.36. The van der Waals surface area contributed by atoms with Gasteiger partial charge in [0.05, 0.1) is 6.54 Å². The number of halogens is 2. The maximum absolute atomic E-state index is 13.6. The Morgan fingerprint density at radius 3 is 2.56 bits per heavy atom. The van der Waals surface area contributed by atoms with E-state index < -0.39 is 11.6 Å². The third-order valence-electron chi connectivity index (χ3n) is 2.35. The molecule has 2 rings (SSSR count). The molecule has 1 aromatic heterocycles. The van der Waals surface area contributed by atoms with E-state index >= 15 is 0 Å². The highest BCUT2D eigenvalue weighted by atomic mass is 19.1. The van der Waals surface area contributed by atoms with Crippen LogP contribution in [0.15, 0.2) is 18.2 Å². The summed E-state index contributed by atoms with van der Waals surface area (Å²) in [7, 11) is 0. The smallest absolute Gasteiger partial charge is 0.170 e. The minimum Gasteiger partial charge on any atom is -0.308 e. The molecule has 0 aliphatic heterocycles. The number of hydrogen-bond acceptors (Lipinski definition) is 4. The molecule has 0 spiro atoms. The fourth-order valence-corrected chi connectivity index (χ4v) is 1.48. The minimum absolute atomic E-state index is 0.223. The van der Waals surface area contributed by atoms with Gasteiger partial charge in [0, 0.05) is 6.04 Å². The molecule has 0 saturated carbocycles. The second-order valence-electron chi connectivity index (χ2n) is 4.11. The maximum Gasteiger partial charge on any atom is 0.170 e. The zero-order chi connectivity index (χ0) is 13.1. The average molecular weight is 253 g/mol. The number of benzene rings is 1. The second kappa shape index (κ2) is 5.18. The van der Waals surface area contributed by atoms with Crippen molar-refractivity contribution < 1.29 is 8.78 Å². The van der Waals surface area contributed by atoms with Crippen LogP contribution < -0.4 is 5.32 Å². The first kappa shape index (κ1) is 12.6. The Morgan fingerprint density at radius 2 is 1.94 bits per heavy atom. The van der Waals surface area contributed by atoms with Crippen LogP contribution in [0.3, 0.4) is 0 Å². The molecular formula is C11H13F2N5. The number of hydrogen-bond donors (Lipinski definition) is 1. The Bertz CT molecular complexity index is 518. The predicted octanol–water partition coefficient (Wildman–Crippen LogP) is 1.44. The number of rotatable bonds is 4. The van der Waals surface area contributed by atoms with Gasteiger partial charge < -0.3 is 5.32 Å². The fraction of sp³-hybridized carbons (Fsp3) is 0.364. The van der Waals surface area contributed by atoms with Crippen molar-refractivity contribution in [1.29, 1.82) is 0 Å². The molecule has 1 N–H and O–H groups in total. The van der Waals surface area contributed by atoms with Crippen LogP contribution in [0.25, 0.3) is 5.69 Å². The van der Waals surface area contributed by atoms with Gasteiger partial charge in [-0.05, 0) is 22.6 Å². The number of para-hydroxylation sites is 1. The lowest BCUT2D eigenvalue weighted by Gasteiger charge is -2.09. The van der Waals surface area contributed by atoms with E-state index in [1.54, 1.807) is 0 Å². The molecular weight excluding hydrogens is 240 g/mol. The Kier molecular flexibility index (Phi) is 3.61. The molecule has 0 atom stereocenters. The normalized spacial score (nSPS) is 11.2. The van der Waals surface area contributed by atoms with Crippen LogP contribution in [0.4, 0.5) is 8.78 Å². The van der Waals surface area contributed by atoms with E-state index in [2.05, 4.69) is 20.8 Å². The summed E-state index contributed by atoms with van der Waals surface area (Å²) in [5.74, 6) is -1.05. The number of nitrogens with zero attached hydrogens (tertiary/aromatic N) is 4. The van der Waals surface area contributed by atoms with Crippen molar-refractivity contribution in [3.8, 4) is 5.69 Å². The molecule has 96 valence electrons. The van der Waals surface area contributed by atoms with E-state index in [0.29, 0.717) is 12.4 Å². The summed E-state index contributed by atoms with van der Waals surface area (Å²) in [5.41, 5.74) is -0.261. The molecule has 0 aliphatic rings. The second-order valence-corrected chi connectivity index (χ2v) is 4.11. The molecule has 0 bridgehead atoms. The van der Waals surface area contributed by atoms with E-state index in [1.807, 2.05) is 13.8 Å². The first-order valence-corrected chi connectivity index (χ1v) is 5.54. The lowest BCUT2D eigenvalue weighted by atomic mass is 10.3. The minimum atomic E-state index is -0.701. The lowest BCUT2D eigenvalue weighted by molar-refractivity contribution is 0.533. The van der Waals surface area contributed by atoms with E-state index in [1.165, 1.54) is 18.2 Å². The molecule has 0 aliphatic carbocycles. The highest BCUT2D eigenvalue weighted by Crippen LogP contribution is 2.17. The van der Waals surface area contributed by atoms with Crippen LogP contribution in [0.2, 0.25) is 0 Å². The van der Waals surface area contributed by atoms with Crippen molar-refractivity contribution >= 4 is 0 Å². The highest BCUT2D eigenvalue weighted by Gasteiger charge is 2.16. The van der Waals surface area contributed by atoms with Gasteiger partial charge in [-0.15, -0.1) is 5.10 Å². The molecule has 0 amide bonds. The zero-order valence-electron chi connectivity index (χ0n) is 10.1. The third-order valence-corrected chi connectivity index (χ3v) is 2.35. The van der Waals surface area contributed by atoms with Crippen molar-refractivity contribution in [2.24, 2.45) is 0 Å². The Morgan fingerprint density at radius 1 is 1.28 bits per heavy atom. The summed E-state index contributed by atoms with van der Waals surface area (Å²) < 4.78 is 28.3. The van der Waals surface area contributed by atoms with Crippen molar-refractivity contribution in [2.75, 3.05) is 0 Å². The topological polar surface area (TPSA) is 55.6 Å². The summed E-state index contributed by atoms with van der Waals surface area (Å²) in [5, 5.41) is 13.9. The summed E-state index contributed by atoms with van der Waals surface area (Å²) >= 11 is 0. The summed E-state index contributed by atoms with van der Waals surface area (Å²) in [4.78, 5) is 0. The van der Waals surface area contributed by atoms with Gasteiger partial charge in [-0.3, -0.25) is 0 Å². The summed E-state index contributed by atoms with van der Waals surface area (Å²) in [6.07, 6.45) is 0. The lowest BCUT2D eigenvalue weighted by Crippen LogP contribution is -2.24. The van der Waals surface area contributed by atoms with Crippen LogP contribution in [0.1, 0.15) is 19.7 Å². The zero-order valence-corrected chi connectivity index (χ0v) is 10.1. The van der Waals surface area contributed by atoms with Gasteiger partial charge in [0.25, 0.3) is 0 Å². The molecule has 7 heteroatoms. The monoisotopic (exact) mass is 253 g/mol. The van der Waals surface area contributed by atoms with Crippen molar-refractivity contribution in [2.45, 2.75) is 26.4 Å². The molecule has 1 aromatic carbocycles. The molecule has 0 saturated heterocycles. The van der Waals surface area contributed by atoms with E-state index in [0.717, 1.165) is 4.68 Å². The molecule has 1 heterocycles. The number of tetrazole rings is 1. The average Bonchev–Trinajstić information content (AvgIpc) is 2.74. The van der Waals surface area contributed by atoms with Gasteiger partial charge in [0.2, 0.25) is 0 Å². The Labute approximate surface area is 103 Å². The number of aromatic nitrogens is 4. The quantitative estimate of drug-likeness (QED) is 0.895. The first-order valence-electron chi connectivity index (χ1n) is 5.54. The number of nitrogens with one attached hydrogen (secondary N) is 1. The van der Waals surface area contributed by atoms with Crippen molar-refractivity contribution in [3.63, 3.8) is 0 Å². The van der Waals surface area contributed by atoms with E-state index in [4.69, 9.17) is 0 Å². The standard InChI is InChI=1S/C11H13F2N5/c1-7(2)14-6-10-15-16-17-18(10)11-8(12)4-3-5-9(11)13/h3-5,7,14H,6H2,1-2H3. The highest BCUT2D eigenvalue weighted by molar-refractivity contribution is 5.34. The fourth-order valence-electron chi connectivity index (χ4n) is 1.48. The summed E-state index contributed by atoms with van der Waals surface area (Å²) in [6.45, 7) is 4.24. The van der Waals surface area contributed by atoms with Crippen LogP contribution in [0.5, 0.6) is 0 Å². The summed E-state index contributed by atoms with van der Waals surface area (Å²) in [6, 6.07) is 3.85. The molecule has 0 unspecified atom stereocenters. The first-order chi connectivity index (χ1) is 8.59. The van der Waals surface area contributed by atoms with Crippen LogP contribution in [0, 0.1) is 11.6 Å². The molecule has 2 aromatic rings. The SMILES string of the molecule is CC(C)NCc1nnnn1-c1c(F)cccc1F. The van der Waals surface area contributed by atoms with Gasteiger partial charge in [0.15, 0.2) is 17.5 Å². The molecule has 0 radical (unpaired) electrons. The van der Waals surface area contributed by atoms with Crippen LogP contribution in [-0.4, -0.2) is 26.2 Å². The van der Waals surface area contributed by atoms with Crippen LogP contribution >= 0.6 is 0 Å². The van der Waals surface area contributed by atoms with Gasteiger partial charge >= 0.3 is 0 Å². The molecule has 18 heavy (non-hydrogen) atoms. The van der Waals surface area contributed by atoms with Gasteiger partial charge in [-0.2, -0.15) is 4.68 Å². The Hall–Kier alpha value is -1.89. The van der Waals surface area contributed by atoms with Gasteiger partial charge in [-0.1, -0.05) is 19.9 Å². The predicted molar refractivity (Wildman–Crippen MR) is 61.0 cm³/mol. The maximum atomic E-state index is 13.6. The van der Waals surface area contributed by atoms with E-state index in [9.17, 15) is 8.78 Å². The van der Waals surface area contributed by atoms with Crippen molar-refractivity contribution in [3.05, 3.63) is 35.7 Å².